The standard InChI is InChI=1S/C20H28N2O3/c1-13-5-6-15(14(2)11-13)20(9-3-4-10-20)12-21-18(23)16-7-8-17(22-16)19(24)25/h5-6,11,16-17,22H,3-4,7-10,12H2,1-2H3,(H,21,23)(H,24,25)/t16-,17+/m0/s1. The third-order valence-electron chi connectivity index (χ3n) is 5.88. The first-order valence-electron chi connectivity index (χ1n) is 9.26. The zero-order valence-corrected chi connectivity index (χ0v) is 15.1. The number of carbonyl (C=O) groups is 2. The van der Waals surface area contributed by atoms with Crippen molar-refractivity contribution in [2.24, 2.45) is 0 Å². The summed E-state index contributed by atoms with van der Waals surface area (Å²) >= 11 is 0. The topological polar surface area (TPSA) is 78.4 Å². The highest BCUT2D eigenvalue weighted by molar-refractivity contribution is 5.84. The van der Waals surface area contributed by atoms with Gasteiger partial charge in [-0.15, -0.1) is 0 Å². The molecular formula is C20H28N2O3. The summed E-state index contributed by atoms with van der Waals surface area (Å²) in [5.41, 5.74) is 3.91. The van der Waals surface area contributed by atoms with E-state index in [9.17, 15) is 9.59 Å². The number of nitrogens with one attached hydrogen (secondary N) is 2. The third kappa shape index (κ3) is 3.71. The van der Waals surface area contributed by atoms with Crippen molar-refractivity contribution in [3.63, 3.8) is 0 Å². The Kier molecular flexibility index (Phi) is 5.13. The van der Waals surface area contributed by atoms with Crippen LogP contribution in [0.3, 0.4) is 0 Å². The molecule has 2 fully saturated rings. The van der Waals surface area contributed by atoms with Crippen LogP contribution in [0.25, 0.3) is 0 Å². The van der Waals surface area contributed by atoms with E-state index >= 15 is 0 Å². The Hall–Kier alpha value is -1.88. The molecule has 5 nitrogen and oxygen atoms in total. The van der Waals surface area contributed by atoms with Gasteiger partial charge in [0.15, 0.2) is 0 Å². The van der Waals surface area contributed by atoms with E-state index in [1.165, 1.54) is 29.5 Å². The van der Waals surface area contributed by atoms with E-state index in [1.807, 2.05) is 0 Å². The average Bonchev–Trinajstić information content (AvgIpc) is 3.23. The zero-order valence-electron chi connectivity index (χ0n) is 15.1. The van der Waals surface area contributed by atoms with E-state index in [4.69, 9.17) is 5.11 Å². The second-order valence-electron chi connectivity index (χ2n) is 7.71. The highest BCUT2D eigenvalue weighted by atomic mass is 16.4. The molecule has 2 atom stereocenters. The number of aryl methyl sites for hydroxylation is 2. The quantitative estimate of drug-likeness (QED) is 0.767. The monoisotopic (exact) mass is 344 g/mol. The van der Waals surface area contributed by atoms with Gasteiger partial charge in [0.05, 0.1) is 6.04 Å². The summed E-state index contributed by atoms with van der Waals surface area (Å²) in [5.74, 6) is -0.947. The van der Waals surface area contributed by atoms with Gasteiger partial charge in [-0.3, -0.25) is 14.9 Å². The van der Waals surface area contributed by atoms with Crippen LogP contribution >= 0.6 is 0 Å². The lowest BCUT2D eigenvalue weighted by molar-refractivity contribution is -0.139. The summed E-state index contributed by atoms with van der Waals surface area (Å²) in [6.07, 6.45) is 5.65. The van der Waals surface area contributed by atoms with Crippen LogP contribution in [0, 0.1) is 13.8 Å². The van der Waals surface area contributed by atoms with Crippen molar-refractivity contribution >= 4 is 11.9 Å². The molecule has 3 N–H and O–H groups in total. The summed E-state index contributed by atoms with van der Waals surface area (Å²) in [4.78, 5) is 23.6. The van der Waals surface area contributed by atoms with E-state index in [2.05, 4.69) is 42.7 Å². The first-order chi connectivity index (χ1) is 11.9. The lowest BCUT2D eigenvalue weighted by Gasteiger charge is -2.32. The number of amides is 1. The van der Waals surface area contributed by atoms with Crippen LogP contribution < -0.4 is 10.6 Å². The third-order valence-corrected chi connectivity index (χ3v) is 5.88. The molecule has 1 amide bonds. The number of aliphatic carboxylic acids is 1. The van der Waals surface area contributed by atoms with Gasteiger partial charge in [0.25, 0.3) is 0 Å². The minimum Gasteiger partial charge on any atom is -0.480 e. The fourth-order valence-corrected chi connectivity index (χ4v) is 4.53. The van der Waals surface area contributed by atoms with Crippen molar-refractivity contribution in [3.05, 3.63) is 34.9 Å². The van der Waals surface area contributed by atoms with Gasteiger partial charge in [0.1, 0.15) is 6.04 Å². The van der Waals surface area contributed by atoms with Crippen LogP contribution in [0.2, 0.25) is 0 Å². The molecule has 5 heteroatoms. The Bertz CT molecular complexity index is 665. The molecule has 0 bridgehead atoms. The molecule has 3 rings (SSSR count). The van der Waals surface area contributed by atoms with Gasteiger partial charge in [-0.1, -0.05) is 36.6 Å². The smallest absolute Gasteiger partial charge is 0.320 e. The average molecular weight is 344 g/mol. The molecule has 0 radical (unpaired) electrons. The molecule has 0 spiro atoms. The Labute approximate surface area is 149 Å². The molecule has 136 valence electrons. The van der Waals surface area contributed by atoms with Crippen LogP contribution in [0.15, 0.2) is 18.2 Å². The van der Waals surface area contributed by atoms with Gasteiger partial charge in [-0.25, -0.2) is 0 Å². The summed E-state index contributed by atoms with van der Waals surface area (Å²) < 4.78 is 0. The first kappa shape index (κ1) is 17.9. The van der Waals surface area contributed by atoms with Crippen LogP contribution in [0.1, 0.15) is 55.2 Å². The summed E-state index contributed by atoms with van der Waals surface area (Å²) in [5, 5.41) is 15.1. The van der Waals surface area contributed by atoms with Gasteiger partial charge >= 0.3 is 5.97 Å². The largest absolute Gasteiger partial charge is 0.480 e. The van der Waals surface area contributed by atoms with Gasteiger partial charge in [-0.2, -0.15) is 0 Å². The van der Waals surface area contributed by atoms with Crippen molar-refractivity contribution in [1.82, 2.24) is 10.6 Å². The summed E-state index contributed by atoms with van der Waals surface area (Å²) in [7, 11) is 0. The number of carboxylic acid groups (broad SMARTS) is 1. The van der Waals surface area contributed by atoms with E-state index in [-0.39, 0.29) is 11.3 Å². The molecule has 1 saturated heterocycles. The van der Waals surface area contributed by atoms with Gasteiger partial charge in [0, 0.05) is 12.0 Å². The number of carboxylic acids is 1. The van der Waals surface area contributed by atoms with E-state index in [0.717, 1.165) is 12.8 Å². The van der Waals surface area contributed by atoms with Crippen molar-refractivity contribution in [1.29, 1.82) is 0 Å². The Balaban J connectivity index is 1.69. The van der Waals surface area contributed by atoms with Gasteiger partial charge < -0.3 is 10.4 Å². The Morgan fingerprint density at radius 3 is 2.48 bits per heavy atom. The molecule has 2 aliphatic rings. The van der Waals surface area contributed by atoms with E-state index < -0.39 is 18.1 Å². The first-order valence-corrected chi connectivity index (χ1v) is 9.26. The normalized spacial score (nSPS) is 25.0. The number of hydrogen-bond acceptors (Lipinski definition) is 3. The molecule has 25 heavy (non-hydrogen) atoms. The lowest BCUT2D eigenvalue weighted by atomic mass is 9.76. The predicted molar refractivity (Wildman–Crippen MR) is 96.7 cm³/mol. The molecular weight excluding hydrogens is 316 g/mol. The molecule has 1 aromatic carbocycles. The minimum absolute atomic E-state index is 0.0121. The van der Waals surface area contributed by atoms with Crippen LogP contribution in [-0.4, -0.2) is 35.6 Å². The number of rotatable bonds is 5. The molecule has 1 aromatic rings. The predicted octanol–water partition coefficient (Wildman–Crippen LogP) is 2.44. The second-order valence-corrected chi connectivity index (χ2v) is 7.71. The minimum atomic E-state index is -0.877. The van der Waals surface area contributed by atoms with Crippen molar-refractivity contribution in [2.75, 3.05) is 6.54 Å². The number of benzene rings is 1. The van der Waals surface area contributed by atoms with Crippen molar-refractivity contribution < 1.29 is 14.7 Å². The second kappa shape index (κ2) is 7.16. The number of carbonyl (C=O) groups excluding carboxylic acids is 1. The van der Waals surface area contributed by atoms with Crippen LogP contribution in [-0.2, 0) is 15.0 Å². The molecule has 1 heterocycles. The van der Waals surface area contributed by atoms with Crippen molar-refractivity contribution in [3.8, 4) is 0 Å². The fourth-order valence-electron chi connectivity index (χ4n) is 4.53. The molecule has 1 saturated carbocycles. The molecule has 1 aliphatic carbocycles. The molecule has 1 aliphatic heterocycles. The summed E-state index contributed by atoms with van der Waals surface area (Å²) in [6, 6.07) is 5.60. The van der Waals surface area contributed by atoms with Crippen LogP contribution in [0.5, 0.6) is 0 Å². The maximum Gasteiger partial charge on any atom is 0.320 e. The number of hydrogen-bond donors (Lipinski definition) is 3. The highest BCUT2D eigenvalue weighted by Crippen LogP contribution is 2.42. The van der Waals surface area contributed by atoms with Crippen LogP contribution in [0.4, 0.5) is 0 Å². The molecule has 0 unspecified atom stereocenters. The van der Waals surface area contributed by atoms with Crippen molar-refractivity contribution in [2.45, 2.75) is 69.9 Å². The summed E-state index contributed by atoms with van der Waals surface area (Å²) in [6.45, 7) is 4.89. The highest BCUT2D eigenvalue weighted by Gasteiger charge is 2.38. The van der Waals surface area contributed by atoms with E-state index in [0.29, 0.717) is 19.4 Å². The zero-order chi connectivity index (χ0) is 18.0. The Morgan fingerprint density at radius 2 is 1.88 bits per heavy atom. The van der Waals surface area contributed by atoms with E-state index in [1.54, 1.807) is 0 Å². The maximum absolute atomic E-state index is 12.5. The molecule has 0 aromatic heterocycles. The van der Waals surface area contributed by atoms with Gasteiger partial charge in [0.2, 0.25) is 5.91 Å². The SMILES string of the molecule is Cc1ccc(C2(CNC(=O)[C@@H]3CC[C@H](C(=O)O)N3)CCCC2)c(C)c1. The lowest BCUT2D eigenvalue weighted by Crippen LogP contribution is -2.48. The fraction of sp³-hybridized carbons (Fsp3) is 0.600. The maximum atomic E-state index is 12.5. The van der Waals surface area contributed by atoms with Gasteiger partial charge in [-0.05, 0) is 50.7 Å². The Morgan fingerprint density at radius 1 is 1.20 bits per heavy atom.